The van der Waals surface area contributed by atoms with E-state index in [1.165, 1.54) is 5.56 Å². The highest BCUT2D eigenvalue weighted by Gasteiger charge is 2.23. The maximum absolute atomic E-state index is 11.8. The van der Waals surface area contributed by atoms with E-state index in [4.69, 9.17) is 4.74 Å². The molecular formula is C16H24N2O2. The molecule has 20 heavy (non-hydrogen) atoms. The first-order valence-corrected chi connectivity index (χ1v) is 7.33. The molecule has 1 aliphatic heterocycles. The number of amides is 1. The molecular weight excluding hydrogens is 252 g/mol. The predicted octanol–water partition coefficient (Wildman–Crippen LogP) is 1.83. The summed E-state index contributed by atoms with van der Waals surface area (Å²) in [5.74, 6) is 0.135. The third-order valence-electron chi connectivity index (χ3n) is 3.66. The summed E-state index contributed by atoms with van der Waals surface area (Å²) in [7, 11) is 0. The predicted molar refractivity (Wildman–Crippen MR) is 79.4 cm³/mol. The number of nitrogens with zero attached hydrogens (tertiary/aromatic N) is 1. The summed E-state index contributed by atoms with van der Waals surface area (Å²) in [5.41, 5.74) is 1.25. The molecule has 110 valence electrons. The smallest absolute Gasteiger partial charge is 0.222 e. The minimum atomic E-state index is 0.0242. The van der Waals surface area contributed by atoms with Crippen molar-refractivity contribution in [2.45, 2.75) is 19.9 Å². The van der Waals surface area contributed by atoms with E-state index >= 15 is 0 Å². The lowest BCUT2D eigenvalue weighted by atomic mass is 10.0. The Balaban J connectivity index is 2.05. The van der Waals surface area contributed by atoms with Crippen molar-refractivity contribution in [1.29, 1.82) is 0 Å². The van der Waals surface area contributed by atoms with E-state index in [2.05, 4.69) is 22.3 Å². The molecule has 1 aromatic rings. The molecule has 4 heteroatoms. The van der Waals surface area contributed by atoms with Gasteiger partial charge in [-0.1, -0.05) is 44.2 Å². The summed E-state index contributed by atoms with van der Waals surface area (Å²) in [5, 5.41) is 3.06. The van der Waals surface area contributed by atoms with E-state index in [0.717, 1.165) is 26.3 Å². The van der Waals surface area contributed by atoms with E-state index in [0.29, 0.717) is 6.54 Å². The summed E-state index contributed by atoms with van der Waals surface area (Å²) in [6.45, 7) is 7.85. The number of nitrogens with one attached hydrogen (secondary N) is 1. The van der Waals surface area contributed by atoms with Gasteiger partial charge in [-0.2, -0.15) is 0 Å². The van der Waals surface area contributed by atoms with E-state index < -0.39 is 0 Å². The molecule has 1 fully saturated rings. The number of hydrogen-bond donors (Lipinski definition) is 1. The average Bonchev–Trinajstić information content (AvgIpc) is 2.49. The second-order valence-electron chi connectivity index (χ2n) is 5.47. The number of carbonyl (C=O) groups is 1. The third kappa shape index (κ3) is 4.05. The quantitative estimate of drug-likeness (QED) is 0.892. The van der Waals surface area contributed by atoms with Crippen LogP contribution in [0.2, 0.25) is 0 Å². The molecule has 0 aliphatic carbocycles. The SMILES string of the molecule is CC(C)C(=O)NCC(c1ccccc1)N1CCOCC1. The van der Waals surface area contributed by atoms with Crippen molar-refractivity contribution in [3.63, 3.8) is 0 Å². The third-order valence-corrected chi connectivity index (χ3v) is 3.66. The monoisotopic (exact) mass is 276 g/mol. The van der Waals surface area contributed by atoms with Gasteiger partial charge < -0.3 is 10.1 Å². The van der Waals surface area contributed by atoms with Gasteiger partial charge in [-0.25, -0.2) is 0 Å². The van der Waals surface area contributed by atoms with Crippen molar-refractivity contribution in [1.82, 2.24) is 10.2 Å². The van der Waals surface area contributed by atoms with Gasteiger partial charge in [-0.3, -0.25) is 9.69 Å². The van der Waals surface area contributed by atoms with Crippen molar-refractivity contribution in [2.24, 2.45) is 5.92 Å². The zero-order valence-electron chi connectivity index (χ0n) is 12.3. The molecule has 2 rings (SSSR count). The van der Waals surface area contributed by atoms with Crippen molar-refractivity contribution in [3.05, 3.63) is 35.9 Å². The van der Waals surface area contributed by atoms with E-state index in [9.17, 15) is 4.79 Å². The average molecular weight is 276 g/mol. The number of hydrogen-bond acceptors (Lipinski definition) is 3. The van der Waals surface area contributed by atoms with Gasteiger partial charge in [0.25, 0.3) is 0 Å². The van der Waals surface area contributed by atoms with Crippen LogP contribution in [0.4, 0.5) is 0 Å². The molecule has 1 amide bonds. The van der Waals surface area contributed by atoms with E-state index in [1.807, 2.05) is 32.0 Å². The van der Waals surface area contributed by atoms with Gasteiger partial charge in [0.1, 0.15) is 0 Å². The van der Waals surface area contributed by atoms with E-state index in [1.54, 1.807) is 0 Å². The first kappa shape index (κ1) is 15.0. The molecule has 1 aliphatic rings. The van der Waals surface area contributed by atoms with Crippen LogP contribution in [0.25, 0.3) is 0 Å². The molecule has 1 unspecified atom stereocenters. The maximum Gasteiger partial charge on any atom is 0.222 e. The highest BCUT2D eigenvalue weighted by atomic mass is 16.5. The standard InChI is InChI=1S/C16H24N2O2/c1-13(2)16(19)17-12-15(14-6-4-3-5-7-14)18-8-10-20-11-9-18/h3-7,13,15H,8-12H2,1-2H3,(H,17,19). The Labute approximate surface area is 121 Å². The lowest BCUT2D eigenvalue weighted by Gasteiger charge is -2.35. The van der Waals surface area contributed by atoms with Crippen LogP contribution in [0.3, 0.4) is 0 Å². The molecule has 0 radical (unpaired) electrons. The molecule has 0 bridgehead atoms. The maximum atomic E-state index is 11.8. The number of morpholine rings is 1. The second-order valence-corrected chi connectivity index (χ2v) is 5.47. The first-order valence-electron chi connectivity index (χ1n) is 7.33. The Morgan fingerprint density at radius 2 is 1.90 bits per heavy atom. The highest BCUT2D eigenvalue weighted by molar-refractivity contribution is 5.77. The zero-order valence-corrected chi connectivity index (χ0v) is 12.3. The van der Waals surface area contributed by atoms with Gasteiger partial charge in [-0.05, 0) is 5.56 Å². The van der Waals surface area contributed by atoms with Gasteiger partial charge in [0.05, 0.1) is 19.3 Å². The topological polar surface area (TPSA) is 41.6 Å². The fourth-order valence-electron chi connectivity index (χ4n) is 2.42. The number of rotatable bonds is 5. The van der Waals surface area contributed by atoms with Gasteiger partial charge in [-0.15, -0.1) is 0 Å². The Morgan fingerprint density at radius 1 is 1.25 bits per heavy atom. The molecule has 4 nitrogen and oxygen atoms in total. The minimum absolute atomic E-state index is 0.0242. The highest BCUT2D eigenvalue weighted by Crippen LogP contribution is 2.21. The van der Waals surface area contributed by atoms with Crippen LogP contribution >= 0.6 is 0 Å². The van der Waals surface area contributed by atoms with Gasteiger partial charge in [0, 0.05) is 25.6 Å². The largest absolute Gasteiger partial charge is 0.379 e. The lowest BCUT2D eigenvalue weighted by Crippen LogP contribution is -2.44. The Kier molecular flexibility index (Phi) is 5.56. The van der Waals surface area contributed by atoms with Crippen LogP contribution < -0.4 is 5.32 Å². The number of ether oxygens (including phenoxy) is 1. The zero-order chi connectivity index (χ0) is 14.4. The molecule has 1 N–H and O–H groups in total. The lowest BCUT2D eigenvalue weighted by molar-refractivity contribution is -0.124. The summed E-state index contributed by atoms with van der Waals surface area (Å²) in [4.78, 5) is 14.2. The van der Waals surface area contributed by atoms with Crippen LogP contribution in [-0.4, -0.2) is 43.7 Å². The molecule has 0 saturated carbocycles. The Hall–Kier alpha value is -1.39. The molecule has 0 spiro atoms. The van der Waals surface area contributed by atoms with Gasteiger partial charge in [0.2, 0.25) is 5.91 Å². The van der Waals surface area contributed by atoms with Crippen LogP contribution in [-0.2, 0) is 9.53 Å². The number of benzene rings is 1. The van der Waals surface area contributed by atoms with Crippen molar-refractivity contribution >= 4 is 5.91 Å². The van der Waals surface area contributed by atoms with Crippen LogP contribution in [0, 0.1) is 5.92 Å². The van der Waals surface area contributed by atoms with Gasteiger partial charge in [0.15, 0.2) is 0 Å². The fraction of sp³-hybridized carbons (Fsp3) is 0.562. The molecule has 1 saturated heterocycles. The fourth-order valence-corrected chi connectivity index (χ4v) is 2.42. The van der Waals surface area contributed by atoms with Crippen molar-refractivity contribution in [2.75, 3.05) is 32.8 Å². The summed E-state index contributed by atoms with van der Waals surface area (Å²) >= 11 is 0. The van der Waals surface area contributed by atoms with Gasteiger partial charge >= 0.3 is 0 Å². The van der Waals surface area contributed by atoms with Crippen LogP contribution in [0.5, 0.6) is 0 Å². The minimum Gasteiger partial charge on any atom is -0.379 e. The van der Waals surface area contributed by atoms with Crippen LogP contribution in [0.15, 0.2) is 30.3 Å². The molecule has 1 atom stereocenters. The van der Waals surface area contributed by atoms with E-state index in [-0.39, 0.29) is 17.9 Å². The Bertz CT molecular complexity index is 414. The summed E-state index contributed by atoms with van der Waals surface area (Å²) in [6.07, 6.45) is 0. The Morgan fingerprint density at radius 3 is 2.50 bits per heavy atom. The summed E-state index contributed by atoms with van der Waals surface area (Å²) in [6, 6.07) is 10.6. The number of carbonyl (C=O) groups excluding carboxylic acids is 1. The summed E-state index contributed by atoms with van der Waals surface area (Å²) < 4.78 is 5.42. The molecule has 1 heterocycles. The second kappa shape index (κ2) is 7.41. The normalized spacial score (nSPS) is 17.9. The molecule has 1 aromatic carbocycles. The van der Waals surface area contributed by atoms with Crippen molar-refractivity contribution < 1.29 is 9.53 Å². The van der Waals surface area contributed by atoms with Crippen molar-refractivity contribution in [3.8, 4) is 0 Å². The first-order chi connectivity index (χ1) is 9.68. The van der Waals surface area contributed by atoms with Crippen LogP contribution in [0.1, 0.15) is 25.5 Å². The molecule has 0 aromatic heterocycles.